The second-order valence-corrected chi connectivity index (χ2v) is 6.89. The van der Waals surface area contributed by atoms with Gasteiger partial charge in [0.15, 0.2) is 6.29 Å². The standard InChI is InChI=1S/C12H25NO6S/c1-6-10(19-20(5,15)16)17-9-7-8-13-11(14)18-12(2,3)4/h10H,6-9H2,1-5H3,(H,13,14). The van der Waals surface area contributed by atoms with E-state index in [1.54, 1.807) is 27.7 Å². The molecule has 0 fully saturated rings. The Bertz CT molecular complexity index is 387. The van der Waals surface area contributed by atoms with Gasteiger partial charge in [-0.05, 0) is 33.6 Å². The highest BCUT2D eigenvalue weighted by atomic mass is 32.2. The highest BCUT2D eigenvalue weighted by Gasteiger charge is 2.16. The first-order valence-electron chi connectivity index (χ1n) is 6.50. The van der Waals surface area contributed by atoms with E-state index in [4.69, 9.17) is 13.7 Å². The van der Waals surface area contributed by atoms with Crippen molar-refractivity contribution in [3.05, 3.63) is 0 Å². The van der Waals surface area contributed by atoms with Gasteiger partial charge in [0.05, 0.1) is 12.9 Å². The summed E-state index contributed by atoms with van der Waals surface area (Å²) in [6.45, 7) is 7.76. The summed E-state index contributed by atoms with van der Waals surface area (Å²) >= 11 is 0. The number of rotatable bonds is 8. The fourth-order valence-electron chi connectivity index (χ4n) is 1.20. The third-order valence-electron chi connectivity index (χ3n) is 1.91. The number of hydrogen-bond acceptors (Lipinski definition) is 6. The number of alkyl carbamates (subject to hydrolysis) is 1. The maximum atomic E-state index is 11.3. The molecule has 0 heterocycles. The van der Waals surface area contributed by atoms with E-state index >= 15 is 0 Å². The molecule has 20 heavy (non-hydrogen) atoms. The van der Waals surface area contributed by atoms with Crippen LogP contribution in [-0.4, -0.2) is 45.8 Å². The zero-order valence-electron chi connectivity index (χ0n) is 12.8. The molecule has 0 radical (unpaired) electrons. The number of hydrogen-bond donors (Lipinski definition) is 1. The molecule has 0 rings (SSSR count). The van der Waals surface area contributed by atoms with Crippen LogP contribution in [0.3, 0.4) is 0 Å². The zero-order valence-corrected chi connectivity index (χ0v) is 13.6. The lowest BCUT2D eigenvalue weighted by atomic mass is 10.2. The Kier molecular flexibility index (Phi) is 8.07. The van der Waals surface area contributed by atoms with Crippen LogP contribution in [-0.2, 0) is 23.8 Å². The van der Waals surface area contributed by atoms with E-state index in [-0.39, 0.29) is 6.61 Å². The summed E-state index contributed by atoms with van der Waals surface area (Å²) in [6, 6.07) is 0. The SMILES string of the molecule is CCC(OCCCNC(=O)OC(C)(C)C)OS(C)(=O)=O. The van der Waals surface area contributed by atoms with Gasteiger partial charge in [-0.1, -0.05) is 6.92 Å². The first-order valence-corrected chi connectivity index (χ1v) is 8.32. The lowest BCUT2D eigenvalue weighted by Crippen LogP contribution is -2.33. The molecule has 0 spiro atoms. The number of carbonyl (C=O) groups excluding carboxylic acids is 1. The molecule has 1 atom stereocenters. The summed E-state index contributed by atoms with van der Waals surface area (Å²) in [5.41, 5.74) is -0.531. The molecule has 8 heteroatoms. The quantitative estimate of drug-likeness (QED) is 0.416. The van der Waals surface area contributed by atoms with Crippen LogP contribution in [0.2, 0.25) is 0 Å². The maximum absolute atomic E-state index is 11.3. The number of ether oxygens (including phenoxy) is 2. The highest BCUT2D eigenvalue weighted by molar-refractivity contribution is 7.86. The van der Waals surface area contributed by atoms with Crippen LogP contribution >= 0.6 is 0 Å². The predicted octanol–water partition coefficient (Wildman–Crippen LogP) is 1.63. The van der Waals surface area contributed by atoms with Crippen LogP contribution in [0.25, 0.3) is 0 Å². The Balaban J connectivity index is 3.78. The van der Waals surface area contributed by atoms with Crippen molar-refractivity contribution in [3.8, 4) is 0 Å². The lowest BCUT2D eigenvalue weighted by molar-refractivity contribution is -0.0776. The van der Waals surface area contributed by atoms with E-state index < -0.39 is 28.1 Å². The fourth-order valence-corrected chi connectivity index (χ4v) is 1.78. The summed E-state index contributed by atoms with van der Waals surface area (Å²) in [7, 11) is -3.53. The normalized spacial score (nSPS) is 13.8. The van der Waals surface area contributed by atoms with E-state index in [1.165, 1.54) is 0 Å². The largest absolute Gasteiger partial charge is 0.444 e. The molecular formula is C12H25NO6S. The number of nitrogens with one attached hydrogen (secondary N) is 1. The average molecular weight is 311 g/mol. The summed E-state index contributed by atoms with van der Waals surface area (Å²) in [4.78, 5) is 11.3. The molecule has 7 nitrogen and oxygen atoms in total. The number of carbonyl (C=O) groups is 1. The minimum absolute atomic E-state index is 0.282. The van der Waals surface area contributed by atoms with E-state index in [2.05, 4.69) is 5.32 Å². The topological polar surface area (TPSA) is 90.9 Å². The highest BCUT2D eigenvalue weighted by Crippen LogP contribution is 2.07. The minimum atomic E-state index is -3.53. The third-order valence-corrected chi connectivity index (χ3v) is 2.47. The molecular weight excluding hydrogens is 286 g/mol. The van der Waals surface area contributed by atoms with Crippen LogP contribution in [0.5, 0.6) is 0 Å². The Morgan fingerprint density at radius 3 is 2.35 bits per heavy atom. The minimum Gasteiger partial charge on any atom is -0.444 e. The summed E-state index contributed by atoms with van der Waals surface area (Å²) in [5, 5.41) is 2.58. The van der Waals surface area contributed by atoms with Gasteiger partial charge in [-0.15, -0.1) is 0 Å². The Hall–Kier alpha value is -0.860. The van der Waals surface area contributed by atoms with E-state index in [1.807, 2.05) is 0 Å². The lowest BCUT2D eigenvalue weighted by Gasteiger charge is -2.19. The van der Waals surface area contributed by atoms with Crippen LogP contribution < -0.4 is 5.32 Å². The Labute approximate surface area is 121 Å². The van der Waals surface area contributed by atoms with Gasteiger partial charge in [0.2, 0.25) is 0 Å². The first kappa shape index (κ1) is 19.1. The van der Waals surface area contributed by atoms with Gasteiger partial charge < -0.3 is 14.8 Å². The van der Waals surface area contributed by atoms with Gasteiger partial charge in [-0.25, -0.2) is 8.98 Å². The molecule has 0 aliphatic rings. The van der Waals surface area contributed by atoms with Crippen molar-refractivity contribution in [2.75, 3.05) is 19.4 Å². The molecule has 0 aliphatic carbocycles. The molecule has 0 aliphatic heterocycles. The molecule has 120 valence electrons. The van der Waals surface area contributed by atoms with Crippen molar-refractivity contribution >= 4 is 16.2 Å². The molecule has 0 aromatic carbocycles. The van der Waals surface area contributed by atoms with Gasteiger partial charge in [0, 0.05) is 6.54 Å². The Morgan fingerprint density at radius 1 is 1.30 bits per heavy atom. The van der Waals surface area contributed by atoms with Crippen molar-refractivity contribution in [3.63, 3.8) is 0 Å². The number of amides is 1. The van der Waals surface area contributed by atoms with Gasteiger partial charge in [-0.2, -0.15) is 8.42 Å². The van der Waals surface area contributed by atoms with Crippen molar-refractivity contribution in [2.45, 2.75) is 52.4 Å². The summed E-state index contributed by atoms with van der Waals surface area (Å²) in [6.07, 6.45) is 0.654. The van der Waals surface area contributed by atoms with Gasteiger partial charge in [-0.3, -0.25) is 0 Å². The van der Waals surface area contributed by atoms with E-state index in [0.29, 0.717) is 19.4 Å². The third kappa shape index (κ3) is 12.2. The Morgan fingerprint density at radius 2 is 1.90 bits per heavy atom. The molecule has 0 bridgehead atoms. The zero-order chi connectivity index (χ0) is 15.8. The van der Waals surface area contributed by atoms with Crippen molar-refractivity contribution in [1.82, 2.24) is 5.32 Å². The molecule has 0 aromatic heterocycles. The molecule has 1 unspecified atom stereocenters. The van der Waals surface area contributed by atoms with Crippen LogP contribution in [0.1, 0.15) is 40.5 Å². The second kappa shape index (κ2) is 8.43. The van der Waals surface area contributed by atoms with Crippen molar-refractivity contribution < 1.29 is 26.9 Å². The maximum Gasteiger partial charge on any atom is 0.407 e. The van der Waals surface area contributed by atoms with Gasteiger partial charge in [0.1, 0.15) is 5.60 Å². The van der Waals surface area contributed by atoms with Crippen LogP contribution in [0.4, 0.5) is 4.79 Å². The fraction of sp³-hybridized carbons (Fsp3) is 0.917. The second-order valence-electron chi connectivity index (χ2n) is 5.29. The average Bonchev–Trinajstić information content (AvgIpc) is 2.22. The van der Waals surface area contributed by atoms with Gasteiger partial charge in [0.25, 0.3) is 10.1 Å². The van der Waals surface area contributed by atoms with Gasteiger partial charge >= 0.3 is 6.09 Å². The van der Waals surface area contributed by atoms with Crippen molar-refractivity contribution in [1.29, 1.82) is 0 Å². The smallest absolute Gasteiger partial charge is 0.407 e. The molecule has 1 amide bonds. The van der Waals surface area contributed by atoms with E-state index in [9.17, 15) is 13.2 Å². The van der Waals surface area contributed by atoms with E-state index in [0.717, 1.165) is 6.26 Å². The summed E-state index contributed by atoms with van der Waals surface area (Å²) in [5.74, 6) is 0. The van der Waals surface area contributed by atoms with Crippen LogP contribution in [0, 0.1) is 0 Å². The van der Waals surface area contributed by atoms with Crippen LogP contribution in [0.15, 0.2) is 0 Å². The van der Waals surface area contributed by atoms with Crippen molar-refractivity contribution in [2.24, 2.45) is 0 Å². The molecule has 0 saturated carbocycles. The molecule has 0 aromatic rings. The predicted molar refractivity (Wildman–Crippen MR) is 74.8 cm³/mol. The monoisotopic (exact) mass is 311 g/mol. The molecule has 1 N–H and O–H groups in total. The first-order chi connectivity index (χ1) is 9.03. The summed E-state index contributed by atoms with van der Waals surface area (Å²) < 4.78 is 36.9. The molecule has 0 saturated heterocycles.